The van der Waals surface area contributed by atoms with E-state index in [1.165, 1.54) is 6.07 Å². The number of amides is 1. The summed E-state index contributed by atoms with van der Waals surface area (Å²) in [6.45, 7) is 0.0606. The molecule has 1 saturated carbocycles. The normalized spacial score (nSPS) is 15.3. The zero-order valence-electron chi connectivity index (χ0n) is 11.9. The molecule has 1 atom stereocenters. The van der Waals surface area contributed by atoms with E-state index in [0.717, 1.165) is 12.8 Å². The van der Waals surface area contributed by atoms with E-state index in [0.29, 0.717) is 23.8 Å². The Morgan fingerprint density at radius 3 is 2.81 bits per heavy atom. The summed E-state index contributed by atoms with van der Waals surface area (Å²) in [7, 11) is 1.61. The molecule has 1 aromatic carbocycles. The molecule has 1 aromatic rings. The van der Waals surface area contributed by atoms with Crippen LogP contribution in [0.15, 0.2) is 24.3 Å². The number of carboxylic acid groups (broad SMARTS) is 1. The molecule has 0 heterocycles. The number of nitrogens with one attached hydrogen (secondary N) is 1. The lowest BCUT2D eigenvalue weighted by Gasteiger charge is -2.17. The van der Waals surface area contributed by atoms with Crippen molar-refractivity contribution in [1.29, 1.82) is 0 Å². The van der Waals surface area contributed by atoms with E-state index in [2.05, 4.69) is 5.32 Å². The van der Waals surface area contributed by atoms with Gasteiger partial charge in [0.2, 0.25) is 0 Å². The van der Waals surface area contributed by atoms with Crippen LogP contribution in [0.25, 0.3) is 0 Å². The van der Waals surface area contributed by atoms with Crippen molar-refractivity contribution in [1.82, 2.24) is 5.32 Å². The third-order valence-corrected chi connectivity index (χ3v) is 3.31. The third kappa shape index (κ3) is 4.75. The van der Waals surface area contributed by atoms with Crippen LogP contribution in [0.2, 0.25) is 0 Å². The fourth-order valence-corrected chi connectivity index (χ4v) is 2.10. The van der Waals surface area contributed by atoms with Crippen LogP contribution in [0.3, 0.4) is 0 Å². The van der Waals surface area contributed by atoms with E-state index >= 15 is 0 Å². The zero-order chi connectivity index (χ0) is 15.2. The van der Waals surface area contributed by atoms with Gasteiger partial charge in [-0.3, -0.25) is 4.79 Å². The molecule has 0 saturated heterocycles. The third-order valence-electron chi connectivity index (χ3n) is 3.31. The van der Waals surface area contributed by atoms with E-state index in [1.54, 1.807) is 25.3 Å². The second kappa shape index (κ2) is 7.08. The van der Waals surface area contributed by atoms with E-state index in [4.69, 9.17) is 14.6 Å². The van der Waals surface area contributed by atoms with Gasteiger partial charge in [-0.25, -0.2) is 4.79 Å². The molecule has 0 spiro atoms. The van der Waals surface area contributed by atoms with E-state index in [1.807, 2.05) is 0 Å². The average Bonchev–Trinajstić information content (AvgIpc) is 3.29. The molecule has 1 aliphatic carbocycles. The number of hydrogen-bond donors (Lipinski definition) is 2. The predicted molar refractivity (Wildman–Crippen MR) is 75.4 cm³/mol. The summed E-state index contributed by atoms with van der Waals surface area (Å²) in [5.74, 6) is -0.413. The number of hydrogen-bond acceptors (Lipinski definition) is 4. The van der Waals surface area contributed by atoms with Crippen molar-refractivity contribution in [2.24, 2.45) is 5.92 Å². The zero-order valence-corrected chi connectivity index (χ0v) is 11.9. The van der Waals surface area contributed by atoms with Gasteiger partial charge in [-0.15, -0.1) is 0 Å². The Kier molecular flexibility index (Phi) is 5.16. The van der Waals surface area contributed by atoms with Crippen LogP contribution in [-0.4, -0.2) is 43.3 Å². The van der Waals surface area contributed by atoms with Crippen molar-refractivity contribution < 1.29 is 24.2 Å². The van der Waals surface area contributed by atoms with Crippen LogP contribution >= 0.6 is 0 Å². The summed E-state index contributed by atoms with van der Waals surface area (Å²) < 4.78 is 10.2. The fraction of sp³-hybridized carbons (Fsp3) is 0.467. The number of rotatable bonds is 8. The first kappa shape index (κ1) is 15.3. The maximum absolute atomic E-state index is 12.2. The minimum absolute atomic E-state index is 0.0195. The SMILES string of the molecule is COCC(NC(=O)c1cccc(OCC(=O)O)c1)C1CC1. The van der Waals surface area contributed by atoms with Crippen LogP contribution in [0.5, 0.6) is 5.75 Å². The van der Waals surface area contributed by atoms with Gasteiger partial charge in [-0.2, -0.15) is 0 Å². The topological polar surface area (TPSA) is 84.9 Å². The summed E-state index contributed by atoms with van der Waals surface area (Å²) in [5, 5.41) is 11.5. The Balaban J connectivity index is 1.97. The molecule has 1 amide bonds. The summed E-state index contributed by atoms with van der Waals surface area (Å²) >= 11 is 0. The second-order valence-electron chi connectivity index (χ2n) is 5.08. The van der Waals surface area contributed by atoms with Gasteiger partial charge in [0.25, 0.3) is 5.91 Å². The smallest absolute Gasteiger partial charge is 0.341 e. The molecule has 0 bridgehead atoms. The Labute approximate surface area is 123 Å². The van der Waals surface area contributed by atoms with E-state index in [-0.39, 0.29) is 11.9 Å². The minimum atomic E-state index is -1.06. The van der Waals surface area contributed by atoms with Crippen LogP contribution in [0.4, 0.5) is 0 Å². The number of carboxylic acids is 1. The highest BCUT2D eigenvalue weighted by atomic mass is 16.5. The van der Waals surface area contributed by atoms with Gasteiger partial charge in [0.05, 0.1) is 12.6 Å². The Morgan fingerprint density at radius 2 is 2.19 bits per heavy atom. The molecule has 0 aliphatic heterocycles. The summed E-state index contributed by atoms with van der Waals surface area (Å²) in [5.41, 5.74) is 0.444. The molecule has 114 valence electrons. The molecule has 2 rings (SSSR count). The van der Waals surface area contributed by atoms with Crippen molar-refractivity contribution >= 4 is 11.9 Å². The number of methoxy groups -OCH3 is 1. The van der Waals surface area contributed by atoms with E-state index < -0.39 is 12.6 Å². The molecular formula is C15H19NO5. The van der Waals surface area contributed by atoms with Crippen molar-refractivity contribution in [3.8, 4) is 5.75 Å². The van der Waals surface area contributed by atoms with Gasteiger partial charge in [0.15, 0.2) is 6.61 Å². The Hall–Kier alpha value is -2.08. The first-order chi connectivity index (χ1) is 10.1. The molecule has 1 aliphatic rings. The highest BCUT2D eigenvalue weighted by Gasteiger charge is 2.32. The lowest BCUT2D eigenvalue weighted by molar-refractivity contribution is -0.139. The predicted octanol–water partition coefficient (Wildman–Crippen LogP) is 1.30. The average molecular weight is 293 g/mol. The number of carbonyl (C=O) groups is 2. The van der Waals surface area contributed by atoms with Crippen molar-refractivity contribution in [3.63, 3.8) is 0 Å². The van der Waals surface area contributed by atoms with E-state index in [9.17, 15) is 9.59 Å². The van der Waals surface area contributed by atoms with Gasteiger partial charge in [0.1, 0.15) is 5.75 Å². The maximum Gasteiger partial charge on any atom is 0.341 e. The quantitative estimate of drug-likeness (QED) is 0.754. The lowest BCUT2D eigenvalue weighted by atomic mass is 10.1. The summed E-state index contributed by atoms with van der Waals surface area (Å²) in [6, 6.07) is 6.50. The highest BCUT2D eigenvalue weighted by molar-refractivity contribution is 5.94. The number of benzene rings is 1. The van der Waals surface area contributed by atoms with Crippen LogP contribution in [0.1, 0.15) is 23.2 Å². The van der Waals surface area contributed by atoms with Gasteiger partial charge in [0, 0.05) is 12.7 Å². The van der Waals surface area contributed by atoms with Crippen molar-refractivity contribution in [2.75, 3.05) is 20.3 Å². The molecule has 1 fully saturated rings. The molecule has 2 N–H and O–H groups in total. The molecule has 21 heavy (non-hydrogen) atoms. The number of carbonyl (C=O) groups excluding carboxylic acids is 1. The fourth-order valence-electron chi connectivity index (χ4n) is 2.10. The monoisotopic (exact) mass is 293 g/mol. The highest BCUT2D eigenvalue weighted by Crippen LogP contribution is 2.32. The summed E-state index contributed by atoms with van der Waals surface area (Å²) in [6.07, 6.45) is 2.21. The molecule has 6 heteroatoms. The van der Waals surface area contributed by atoms with Crippen molar-refractivity contribution in [2.45, 2.75) is 18.9 Å². The molecular weight excluding hydrogens is 274 g/mol. The molecule has 0 radical (unpaired) electrons. The Morgan fingerprint density at radius 1 is 1.43 bits per heavy atom. The second-order valence-corrected chi connectivity index (χ2v) is 5.08. The van der Waals surface area contributed by atoms with Gasteiger partial charge in [-0.1, -0.05) is 6.07 Å². The number of ether oxygens (including phenoxy) is 2. The largest absolute Gasteiger partial charge is 0.482 e. The van der Waals surface area contributed by atoms with Gasteiger partial charge >= 0.3 is 5.97 Å². The van der Waals surface area contributed by atoms with Gasteiger partial charge in [-0.05, 0) is 37.0 Å². The molecule has 0 aromatic heterocycles. The van der Waals surface area contributed by atoms with Crippen molar-refractivity contribution in [3.05, 3.63) is 29.8 Å². The first-order valence-electron chi connectivity index (χ1n) is 6.84. The molecule has 6 nitrogen and oxygen atoms in total. The number of aliphatic carboxylic acids is 1. The lowest BCUT2D eigenvalue weighted by Crippen LogP contribution is -2.39. The van der Waals surface area contributed by atoms with Crippen LogP contribution in [-0.2, 0) is 9.53 Å². The van der Waals surface area contributed by atoms with Crippen LogP contribution in [0, 0.1) is 5.92 Å². The summed E-state index contributed by atoms with van der Waals surface area (Å²) in [4.78, 5) is 22.7. The first-order valence-corrected chi connectivity index (χ1v) is 6.84. The van der Waals surface area contributed by atoms with Crippen LogP contribution < -0.4 is 10.1 Å². The standard InChI is InChI=1S/C15H19NO5/c1-20-8-13(10-5-6-10)16-15(19)11-3-2-4-12(7-11)21-9-14(17)18/h2-4,7,10,13H,5-6,8-9H2,1H3,(H,16,19)(H,17,18). The minimum Gasteiger partial charge on any atom is -0.482 e. The maximum atomic E-state index is 12.2. The Bertz CT molecular complexity index is 513. The van der Waals surface area contributed by atoms with Gasteiger partial charge < -0.3 is 19.9 Å². The molecule has 1 unspecified atom stereocenters.